The topological polar surface area (TPSA) is 32.3 Å². The first-order valence-corrected chi connectivity index (χ1v) is 9.00. The quantitative estimate of drug-likeness (QED) is 0.721. The maximum absolute atomic E-state index is 13.2. The van der Waals surface area contributed by atoms with Crippen LogP contribution in [-0.2, 0) is 11.3 Å². The predicted octanol–water partition coefficient (Wildman–Crippen LogP) is 5.54. The molecule has 132 valence electrons. The summed E-state index contributed by atoms with van der Waals surface area (Å²) in [6.07, 6.45) is 3.07. The molecule has 0 saturated heterocycles. The van der Waals surface area contributed by atoms with Gasteiger partial charge < -0.3 is 10.2 Å². The third kappa shape index (κ3) is 3.46. The van der Waals surface area contributed by atoms with Crippen molar-refractivity contribution in [2.45, 2.75) is 31.8 Å². The number of benzene rings is 2. The van der Waals surface area contributed by atoms with Gasteiger partial charge in [0.1, 0.15) is 0 Å². The van der Waals surface area contributed by atoms with Crippen LogP contribution in [0.4, 0.5) is 11.4 Å². The summed E-state index contributed by atoms with van der Waals surface area (Å²) in [6.45, 7) is 0.455. The van der Waals surface area contributed by atoms with Crippen molar-refractivity contribution in [3.8, 4) is 0 Å². The Morgan fingerprint density at radius 1 is 1.12 bits per heavy atom. The summed E-state index contributed by atoms with van der Waals surface area (Å²) in [7, 11) is 0. The van der Waals surface area contributed by atoms with Crippen molar-refractivity contribution in [1.29, 1.82) is 0 Å². The van der Waals surface area contributed by atoms with Gasteiger partial charge in [0.15, 0.2) is 0 Å². The second-order valence-corrected chi connectivity index (χ2v) is 7.31. The molecule has 25 heavy (non-hydrogen) atoms. The van der Waals surface area contributed by atoms with Crippen LogP contribution in [0.5, 0.6) is 0 Å². The molecule has 4 rings (SSSR count). The molecule has 1 aliphatic carbocycles. The van der Waals surface area contributed by atoms with Gasteiger partial charge in [-0.1, -0.05) is 47.8 Å². The first-order valence-electron chi connectivity index (χ1n) is 8.24. The zero-order valence-corrected chi connectivity index (χ0v) is 15.9. The molecule has 1 N–H and O–H groups in total. The van der Waals surface area contributed by atoms with Crippen LogP contribution in [0.25, 0.3) is 0 Å². The minimum Gasteiger partial charge on any atom is -0.380 e. The largest absolute Gasteiger partial charge is 0.380 e. The molecule has 1 heterocycles. The maximum Gasteiger partial charge on any atom is 0.232 e. The molecule has 2 atom stereocenters. The van der Waals surface area contributed by atoms with E-state index >= 15 is 0 Å². The van der Waals surface area contributed by atoms with Crippen molar-refractivity contribution in [1.82, 2.24) is 0 Å². The van der Waals surface area contributed by atoms with E-state index in [1.54, 1.807) is 6.07 Å². The number of anilines is 2. The van der Waals surface area contributed by atoms with Gasteiger partial charge in [-0.3, -0.25) is 4.79 Å². The van der Waals surface area contributed by atoms with E-state index in [0.717, 1.165) is 36.2 Å². The number of amides is 1. The number of carbonyl (C=O) groups excluding carboxylic acids is 1. The lowest BCUT2D eigenvalue weighted by Crippen LogP contribution is -2.38. The molecule has 1 amide bonds. The summed E-state index contributed by atoms with van der Waals surface area (Å²) in [5, 5.41) is 4.77. The van der Waals surface area contributed by atoms with Crippen LogP contribution in [0, 0.1) is 5.92 Å². The molecule has 1 saturated carbocycles. The van der Waals surface area contributed by atoms with Crippen molar-refractivity contribution in [2.24, 2.45) is 5.92 Å². The summed E-state index contributed by atoms with van der Waals surface area (Å²) < 4.78 is 0. The minimum atomic E-state index is 0. The van der Waals surface area contributed by atoms with Crippen molar-refractivity contribution in [3.63, 3.8) is 0 Å². The Morgan fingerprint density at radius 3 is 2.72 bits per heavy atom. The maximum atomic E-state index is 13.2. The van der Waals surface area contributed by atoms with Crippen LogP contribution in [0.15, 0.2) is 42.5 Å². The van der Waals surface area contributed by atoms with Crippen molar-refractivity contribution >= 4 is 52.9 Å². The lowest BCUT2D eigenvalue weighted by Gasteiger charge is -2.25. The zero-order chi connectivity index (χ0) is 16.7. The summed E-state index contributed by atoms with van der Waals surface area (Å²) in [5.74, 6) is 0.212. The van der Waals surface area contributed by atoms with E-state index in [1.165, 1.54) is 0 Å². The number of carbonyl (C=O) groups is 1. The van der Waals surface area contributed by atoms with E-state index < -0.39 is 0 Å². The summed E-state index contributed by atoms with van der Waals surface area (Å²) in [5.41, 5.74) is 2.84. The van der Waals surface area contributed by atoms with Gasteiger partial charge in [-0.15, -0.1) is 12.4 Å². The van der Waals surface area contributed by atoms with Crippen LogP contribution in [0.1, 0.15) is 24.8 Å². The zero-order valence-electron chi connectivity index (χ0n) is 13.5. The number of para-hydroxylation sites is 2. The lowest BCUT2D eigenvalue weighted by molar-refractivity contribution is -0.122. The number of nitrogens with zero attached hydrogens (tertiary/aromatic N) is 1. The van der Waals surface area contributed by atoms with Crippen LogP contribution in [0.3, 0.4) is 0 Å². The molecule has 0 aromatic heterocycles. The molecule has 0 unspecified atom stereocenters. The van der Waals surface area contributed by atoms with Gasteiger partial charge in [0.05, 0.1) is 23.8 Å². The first-order chi connectivity index (χ1) is 11.6. The van der Waals surface area contributed by atoms with Crippen molar-refractivity contribution < 1.29 is 4.79 Å². The Balaban J connectivity index is 0.00000182. The van der Waals surface area contributed by atoms with E-state index in [2.05, 4.69) is 5.32 Å². The fourth-order valence-electron chi connectivity index (χ4n) is 3.76. The normalized spacial score (nSPS) is 21.7. The first kappa shape index (κ1) is 18.4. The molecule has 6 heteroatoms. The number of rotatable bonds is 2. The van der Waals surface area contributed by atoms with Gasteiger partial charge in [-0.25, -0.2) is 0 Å². The molecule has 1 aliphatic heterocycles. The van der Waals surface area contributed by atoms with Gasteiger partial charge in [-0.2, -0.15) is 0 Å². The average molecular weight is 398 g/mol. The average Bonchev–Trinajstić information content (AvgIpc) is 2.99. The number of fused-ring (bicyclic) bond motifs is 2. The second kappa shape index (κ2) is 7.45. The van der Waals surface area contributed by atoms with Crippen LogP contribution >= 0.6 is 35.6 Å². The monoisotopic (exact) mass is 396 g/mol. The number of halogens is 3. The van der Waals surface area contributed by atoms with E-state index in [4.69, 9.17) is 23.2 Å². The Kier molecular flexibility index (Phi) is 5.47. The predicted molar refractivity (Wildman–Crippen MR) is 106 cm³/mol. The highest BCUT2D eigenvalue weighted by atomic mass is 35.5. The number of nitrogens with one attached hydrogen (secondary N) is 1. The third-order valence-electron chi connectivity index (χ3n) is 4.98. The second-order valence-electron chi connectivity index (χ2n) is 6.47. The minimum absolute atomic E-state index is 0. The van der Waals surface area contributed by atoms with Crippen LogP contribution in [-0.4, -0.2) is 11.9 Å². The molecular weight excluding hydrogens is 379 g/mol. The molecular formula is C19H19Cl3N2O. The lowest BCUT2D eigenvalue weighted by atomic mass is 10.0. The highest BCUT2D eigenvalue weighted by molar-refractivity contribution is 6.35. The van der Waals surface area contributed by atoms with E-state index in [9.17, 15) is 4.79 Å². The molecule has 0 radical (unpaired) electrons. The highest BCUT2D eigenvalue weighted by Crippen LogP contribution is 2.39. The van der Waals surface area contributed by atoms with Crippen LogP contribution < -0.4 is 10.2 Å². The molecule has 2 aromatic carbocycles. The Bertz CT molecular complexity index is 796. The Labute approximate surface area is 163 Å². The third-order valence-corrected chi connectivity index (χ3v) is 5.57. The summed E-state index contributed by atoms with van der Waals surface area (Å²) in [6, 6.07) is 13.7. The van der Waals surface area contributed by atoms with Gasteiger partial charge in [0, 0.05) is 16.1 Å². The van der Waals surface area contributed by atoms with Crippen LogP contribution in [0.2, 0.25) is 10.0 Å². The molecule has 2 aromatic rings. The van der Waals surface area contributed by atoms with E-state index in [0.29, 0.717) is 16.6 Å². The Hall–Kier alpha value is -1.42. The van der Waals surface area contributed by atoms with Gasteiger partial charge in [0.2, 0.25) is 5.91 Å². The fourth-order valence-corrected chi connectivity index (χ4v) is 4.23. The molecule has 1 fully saturated rings. The molecule has 3 nitrogen and oxygen atoms in total. The van der Waals surface area contributed by atoms with E-state index in [1.807, 2.05) is 41.3 Å². The summed E-state index contributed by atoms with van der Waals surface area (Å²) in [4.78, 5) is 15.1. The van der Waals surface area contributed by atoms with Crippen molar-refractivity contribution in [3.05, 3.63) is 58.1 Å². The molecule has 2 aliphatic rings. The standard InChI is InChI=1S/C19H18Cl2N2O.ClH/c20-13-9-8-12(15(21)10-13)11-23-18-7-2-1-5-17(18)22-16-6-3-4-14(16)19(23)24;/h1-2,5,7-10,14,16,22H,3-4,6,11H2;1H/t14-,16+;/m0./s1. The van der Waals surface area contributed by atoms with Gasteiger partial charge in [-0.05, 0) is 42.7 Å². The highest BCUT2D eigenvalue weighted by Gasteiger charge is 2.39. The van der Waals surface area contributed by atoms with Crippen molar-refractivity contribution in [2.75, 3.05) is 10.2 Å². The Morgan fingerprint density at radius 2 is 1.92 bits per heavy atom. The number of hydrogen-bond donors (Lipinski definition) is 1. The fraction of sp³-hybridized carbons (Fsp3) is 0.316. The van der Waals surface area contributed by atoms with Gasteiger partial charge in [0.25, 0.3) is 0 Å². The SMILES string of the molecule is Cl.O=C1[C@H]2CCC[C@H]2Nc2ccccc2N1Cc1ccc(Cl)cc1Cl. The summed E-state index contributed by atoms with van der Waals surface area (Å²) >= 11 is 12.3. The van der Waals surface area contributed by atoms with Gasteiger partial charge >= 0.3 is 0 Å². The molecule has 0 spiro atoms. The van der Waals surface area contributed by atoms with E-state index in [-0.39, 0.29) is 30.3 Å². The smallest absolute Gasteiger partial charge is 0.232 e. The molecule has 0 bridgehead atoms. The number of hydrogen-bond acceptors (Lipinski definition) is 2.